The van der Waals surface area contributed by atoms with Gasteiger partial charge in [0.05, 0.1) is 0 Å². The van der Waals surface area contributed by atoms with Crippen molar-refractivity contribution >= 4 is 17.9 Å². The summed E-state index contributed by atoms with van der Waals surface area (Å²) < 4.78 is 16.9. The van der Waals surface area contributed by atoms with Gasteiger partial charge in [0.1, 0.15) is 13.2 Å². The van der Waals surface area contributed by atoms with E-state index in [0.717, 1.165) is 75.5 Å². The zero-order chi connectivity index (χ0) is 51.2. The Labute approximate surface area is 438 Å². The number of unbranched alkanes of at least 4 members (excludes halogenated alkanes) is 39. The van der Waals surface area contributed by atoms with Crippen LogP contribution >= 0.6 is 0 Å². The Morgan fingerprint density at radius 1 is 0.286 bits per heavy atom. The molecule has 0 heterocycles. The minimum Gasteiger partial charge on any atom is -0.462 e. The Morgan fingerprint density at radius 3 is 0.743 bits per heavy atom. The van der Waals surface area contributed by atoms with Gasteiger partial charge in [-0.3, -0.25) is 14.4 Å². The first-order chi connectivity index (χ1) is 34.1. The summed E-state index contributed by atoms with van der Waals surface area (Å²) in [5.41, 5.74) is 0. The molecule has 0 aliphatic heterocycles. The molecule has 0 aromatic heterocycles. The predicted octanol–water partition coefficient (Wildman–Crippen LogP) is 21.1. The van der Waals surface area contributed by atoms with E-state index < -0.39 is 6.10 Å². The number of ether oxygens (including phenoxy) is 3. The third kappa shape index (κ3) is 55.7. The fourth-order valence-electron chi connectivity index (χ4n) is 9.85. The molecule has 0 aliphatic carbocycles. The maximum atomic E-state index is 12.9. The van der Waals surface area contributed by atoms with E-state index in [0.29, 0.717) is 19.3 Å². The second-order valence-corrected chi connectivity index (χ2v) is 23.2. The average molecular weight is 990 g/mol. The minimum absolute atomic E-state index is 0.0637. The molecule has 0 N–H and O–H groups in total. The quantitative estimate of drug-likeness (QED) is 0.0343. The molecule has 0 spiro atoms. The Morgan fingerprint density at radius 2 is 0.500 bits per heavy atom. The molecule has 0 aromatic rings. The van der Waals surface area contributed by atoms with Crippen LogP contribution < -0.4 is 0 Å². The van der Waals surface area contributed by atoms with E-state index in [1.807, 2.05) is 0 Å². The fourth-order valence-corrected chi connectivity index (χ4v) is 9.85. The summed E-state index contributed by atoms with van der Waals surface area (Å²) in [5, 5.41) is 0. The molecule has 0 fully saturated rings. The van der Waals surface area contributed by atoms with Crippen molar-refractivity contribution in [3.63, 3.8) is 0 Å². The topological polar surface area (TPSA) is 78.9 Å². The van der Waals surface area contributed by atoms with E-state index in [1.165, 1.54) is 238 Å². The highest BCUT2D eigenvalue weighted by atomic mass is 16.6. The van der Waals surface area contributed by atoms with Crippen LogP contribution in [-0.2, 0) is 28.6 Å². The summed E-state index contributed by atoms with van der Waals surface area (Å²) in [6, 6.07) is 0. The SMILES string of the molecule is CCC(C)CCCCCCCCCCCCCCCCCCCCC(=O)O[C@@H](COC(=O)CCCCCCCCCCCCCCCCCCCCC(C)C)COC(=O)CCCCCCCCC(C)C. The second-order valence-electron chi connectivity index (χ2n) is 23.2. The van der Waals surface area contributed by atoms with Gasteiger partial charge in [-0.05, 0) is 37.0 Å². The average Bonchev–Trinajstić information content (AvgIpc) is 3.33. The van der Waals surface area contributed by atoms with Crippen molar-refractivity contribution in [2.45, 2.75) is 362 Å². The third-order valence-electron chi connectivity index (χ3n) is 15.0. The number of hydrogen-bond acceptors (Lipinski definition) is 6. The van der Waals surface area contributed by atoms with Crippen LogP contribution in [0.5, 0.6) is 0 Å². The van der Waals surface area contributed by atoms with Gasteiger partial charge in [0.2, 0.25) is 0 Å². The van der Waals surface area contributed by atoms with Gasteiger partial charge < -0.3 is 14.2 Å². The van der Waals surface area contributed by atoms with E-state index in [2.05, 4.69) is 41.5 Å². The van der Waals surface area contributed by atoms with Crippen LogP contribution in [0.4, 0.5) is 0 Å². The van der Waals surface area contributed by atoms with Gasteiger partial charge >= 0.3 is 17.9 Å². The van der Waals surface area contributed by atoms with Crippen LogP contribution in [0.1, 0.15) is 356 Å². The zero-order valence-corrected chi connectivity index (χ0v) is 48.3. The molecule has 70 heavy (non-hydrogen) atoms. The van der Waals surface area contributed by atoms with Gasteiger partial charge in [-0.15, -0.1) is 0 Å². The van der Waals surface area contributed by atoms with Crippen LogP contribution in [0.25, 0.3) is 0 Å². The van der Waals surface area contributed by atoms with Gasteiger partial charge in [0, 0.05) is 19.3 Å². The fraction of sp³-hybridized carbons (Fsp3) is 0.953. The van der Waals surface area contributed by atoms with Crippen LogP contribution in [-0.4, -0.2) is 37.2 Å². The molecule has 0 saturated carbocycles. The Hall–Kier alpha value is -1.59. The Bertz CT molecular complexity index is 1090. The van der Waals surface area contributed by atoms with Crippen molar-refractivity contribution in [1.29, 1.82) is 0 Å². The molecule has 0 aromatic carbocycles. The van der Waals surface area contributed by atoms with Crippen molar-refractivity contribution in [1.82, 2.24) is 0 Å². The molecule has 0 bridgehead atoms. The van der Waals surface area contributed by atoms with Crippen molar-refractivity contribution in [3.05, 3.63) is 0 Å². The summed E-state index contributed by atoms with van der Waals surface area (Å²) >= 11 is 0. The molecule has 6 nitrogen and oxygen atoms in total. The van der Waals surface area contributed by atoms with Gasteiger partial charge in [0.15, 0.2) is 6.10 Å². The first-order valence-corrected chi connectivity index (χ1v) is 31.6. The molecule has 0 radical (unpaired) electrons. The third-order valence-corrected chi connectivity index (χ3v) is 15.0. The van der Waals surface area contributed by atoms with Crippen molar-refractivity contribution in [2.75, 3.05) is 13.2 Å². The lowest BCUT2D eigenvalue weighted by Crippen LogP contribution is -2.30. The van der Waals surface area contributed by atoms with Gasteiger partial charge in [-0.2, -0.15) is 0 Å². The molecule has 0 saturated heterocycles. The lowest BCUT2D eigenvalue weighted by atomic mass is 9.99. The largest absolute Gasteiger partial charge is 0.462 e. The Balaban J connectivity index is 4.16. The molecule has 416 valence electrons. The smallest absolute Gasteiger partial charge is 0.306 e. The van der Waals surface area contributed by atoms with Crippen molar-refractivity contribution in [3.8, 4) is 0 Å². The summed E-state index contributed by atoms with van der Waals surface area (Å²) in [7, 11) is 0. The molecule has 1 unspecified atom stereocenters. The first-order valence-electron chi connectivity index (χ1n) is 31.6. The number of rotatable bonds is 57. The molecule has 0 amide bonds. The molecule has 6 heteroatoms. The maximum Gasteiger partial charge on any atom is 0.306 e. The van der Waals surface area contributed by atoms with Crippen LogP contribution in [0.15, 0.2) is 0 Å². The zero-order valence-electron chi connectivity index (χ0n) is 48.3. The lowest BCUT2D eigenvalue weighted by Gasteiger charge is -2.18. The minimum atomic E-state index is -0.764. The summed E-state index contributed by atoms with van der Waals surface area (Å²) in [6.45, 7) is 13.8. The summed E-state index contributed by atoms with van der Waals surface area (Å²) in [5.74, 6) is 1.69. The van der Waals surface area contributed by atoms with Gasteiger partial charge in [0.25, 0.3) is 0 Å². The monoisotopic (exact) mass is 989 g/mol. The molecule has 0 aliphatic rings. The number of carbonyl (C=O) groups excluding carboxylic acids is 3. The van der Waals surface area contributed by atoms with Crippen molar-refractivity contribution in [2.24, 2.45) is 17.8 Å². The van der Waals surface area contributed by atoms with Crippen LogP contribution in [0.2, 0.25) is 0 Å². The lowest BCUT2D eigenvalue weighted by molar-refractivity contribution is -0.167. The van der Waals surface area contributed by atoms with Gasteiger partial charge in [-0.1, -0.05) is 318 Å². The number of carbonyl (C=O) groups is 3. The van der Waals surface area contributed by atoms with E-state index >= 15 is 0 Å². The summed E-state index contributed by atoms with van der Waals surface area (Å²) in [4.78, 5) is 38.2. The summed E-state index contributed by atoms with van der Waals surface area (Å²) in [6.07, 6.45) is 59.8. The number of hydrogen-bond donors (Lipinski definition) is 0. The van der Waals surface area contributed by atoms with E-state index in [9.17, 15) is 14.4 Å². The van der Waals surface area contributed by atoms with Gasteiger partial charge in [-0.25, -0.2) is 0 Å². The molecule has 0 rings (SSSR count). The van der Waals surface area contributed by atoms with E-state index in [-0.39, 0.29) is 31.1 Å². The highest BCUT2D eigenvalue weighted by Gasteiger charge is 2.19. The van der Waals surface area contributed by atoms with E-state index in [1.54, 1.807) is 0 Å². The molecule has 2 atom stereocenters. The molecular weight excluding hydrogens is 865 g/mol. The first kappa shape index (κ1) is 68.4. The predicted molar refractivity (Wildman–Crippen MR) is 303 cm³/mol. The van der Waals surface area contributed by atoms with E-state index in [4.69, 9.17) is 14.2 Å². The standard InChI is InChI=1S/C64H124O6/c1-7-60(6)52-46-40-33-29-25-21-17-13-9-11-15-19-23-27-31-35-43-49-55-64(67)70-61(57-69-63(66)54-48-42-37-36-39-45-51-59(4)5)56-68-62(65)53-47-41-34-30-26-22-18-14-10-8-12-16-20-24-28-32-38-44-50-58(2)3/h58-61H,7-57H2,1-6H3/t60?,61-/m0/s1. The van der Waals surface area contributed by atoms with Crippen LogP contribution in [0, 0.1) is 17.8 Å². The maximum absolute atomic E-state index is 12.9. The highest BCUT2D eigenvalue weighted by molar-refractivity contribution is 5.71. The second kappa shape index (κ2) is 55.2. The highest BCUT2D eigenvalue weighted by Crippen LogP contribution is 2.19. The Kier molecular flexibility index (Phi) is 53.9. The van der Waals surface area contributed by atoms with Crippen LogP contribution in [0.3, 0.4) is 0 Å². The van der Waals surface area contributed by atoms with Crippen molar-refractivity contribution < 1.29 is 28.6 Å². The molecular formula is C64H124O6. The normalized spacial score (nSPS) is 12.5. The number of esters is 3.